The van der Waals surface area contributed by atoms with Crippen LogP contribution >= 0.6 is 12.4 Å². The molecule has 1 aliphatic heterocycles. The van der Waals surface area contributed by atoms with Crippen molar-refractivity contribution in [3.05, 3.63) is 0 Å². The van der Waals surface area contributed by atoms with Gasteiger partial charge in [-0.15, -0.1) is 12.4 Å². The van der Waals surface area contributed by atoms with Crippen LogP contribution in [-0.4, -0.2) is 59.2 Å². The van der Waals surface area contributed by atoms with Crippen molar-refractivity contribution in [1.82, 2.24) is 10.6 Å². The summed E-state index contributed by atoms with van der Waals surface area (Å²) in [5.74, 6) is -0.753. The van der Waals surface area contributed by atoms with Crippen molar-refractivity contribution < 1.29 is 17.9 Å². The van der Waals surface area contributed by atoms with Gasteiger partial charge in [0.1, 0.15) is 5.75 Å². The van der Waals surface area contributed by atoms with Gasteiger partial charge in [-0.3, -0.25) is 4.79 Å². The summed E-state index contributed by atoms with van der Waals surface area (Å²) in [6, 6.07) is 0. The minimum absolute atomic E-state index is 0. The van der Waals surface area contributed by atoms with Gasteiger partial charge in [0.05, 0.1) is 12.4 Å². The Balaban J connectivity index is 0.00000441. The molecular formula is C14H29ClN2O4S. The van der Waals surface area contributed by atoms with Gasteiger partial charge in [-0.2, -0.15) is 0 Å². The zero-order valence-electron chi connectivity index (χ0n) is 13.7. The predicted octanol–water partition coefficient (Wildman–Crippen LogP) is 0.611. The lowest BCUT2D eigenvalue weighted by Crippen LogP contribution is -2.48. The van der Waals surface area contributed by atoms with Crippen molar-refractivity contribution in [3.63, 3.8) is 0 Å². The predicted molar refractivity (Wildman–Crippen MR) is 90.2 cm³/mol. The number of carbonyl (C=O) groups excluding carboxylic acids is 1. The number of methoxy groups -OCH3 is 1. The van der Waals surface area contributed by atoms with Crippen LogP contribution in [0.25, 0.3) is 0 Å². The summed E-state index contributed by atoms with van der Waals surface area (Å²) in [5, 5.41) is 6.06. The number of sulfone groups is 1. The normalized spacial score (nSPS) is 17.8. The van der Waals surface area contributed by atoms with Gasteiger partial charge in [0, 0.05) is 19.1 Å². The molecule has 2 N–H and O–H groups in total. The average Bonchev–Trinajstić information content (AvgIpc) is 2.36. The van der Waals surface area contributed by atoms with E-state index in [2.05, 4.69) is 10.6 Å². The first-order valence-electron chi connectivity index (χ1n) is 7.45. The first kappa shape index (κ1) is 21.6. The summed E-state index contributed by atoms with van der Waals surface area (Å²) in [7, 11) is -1.67. The van der Waals surface area contributed by atoms with Gasteiger partial charge in [-0.1, -0.05) is 13.8 Å². The highest BCUT2D eigenvalue weighted by Crippen LogP contribution is 2.28. The quantitative estimate of drug-likeness (QED) is 0.665. The highest BCUT2D eigenvalue weighted by Gasteiger charge is 2.32. The van der Waals surface area contributed by atoms with E-state index in [1.807, 2.05) is 13.8 Å². The molecule has 22 heavy (non-hydrogen) atoms. The van der Waals surface area contributed by atoms with E-state index in [0.29, 0.717) is 13.2 Å². The third-order valence-corrected chi connectivity index (χ3v) is 5.59. The summed E-state index contributed by atoms with van der Waals surface area (Å²) in [4.78, 5) is 11.9. The Morgan fingerprint density at radius 2 is 1.91 bits per heavy atom. The van der Waals surface area contributed by atoms with Crippen molar-refractivity contribution in [2.45, 2.75) is 26.7 Å². The van der Waals surface area contributed by atoms with Gasteiger partial charge in [-0.05, 0) is 31.8 Å². The molecule has 1 saturated heterocycles. The van der Waals surface area contributed by atoms with Crippen molar-refractivity contribution in [2.24, 2.45) is 11.3 Å². The molecule has 0 spiro atoms. The number of carbonyl (C=O) groups is 1. The molecule has 0 radical (unpaired) electrons. The van der Waals surface area contributed by atoms with E-state index in [9.17, 15) is 13.2 Å². The second-order valence-electron chi connectivity index (χ2n) is 6.41. The van der Waals surface area contributed by atoms with Gasteiger partial charge >= 0.3 is 0 Å². The summed E-state index contributed by atoms with van der Waals surface area (Å²) < 4.78 is 28.9. The number of piperidine rings is 1. The lowest BCUT2D eigenvalue weighted by molar-refractivity contribution is -0.119. The van der Waals surface area contributed by atoms with E-state index in [1.165, 1.54) is 0 Å². The summed E-state index contributed by atoms with van der Waals surface area (Å²) in [6.45, 7) is 6.50. The van der Waals surface area contributed by atoms with Crippen LogP contribution < -0.4 is 10.6 Å². The zero-order chi connectivity index (χ0) is 15.9. The standard InChI is InChI=1S/C14H28N2O4S.ClH/c1-12(2)8-21(18,19)9-13(17)16-10-14(11-20-3)4-6-15-7-5-14;/h12,15H,4-11H2,1-3H3,(H,16,17);1H. The molecule has 0 aromatic heterocycles. The highest BCUT2D eigenvalue weighted by molar-refractivity contribution is 7.92. The average molecular weight is 357 g/mol. The Morgan fingerprint density at radius 1 is 1.32 bits per heavy atom. The van der Waals surface area contributed by atoms with Crippen LogP contribution in [0.5, 0.6) is 0 Å². The fourth-order valence-corrected chi connectivity index (χ4v) is 4.37. The molecule has 0 atom stereocenters. The van der Waals surface area contributed by atoms with Crippen LogP contribution in [0.4, 0.5) is 0 Å². The van der Waals surface area contributed by atoms with Crippen LogP contribution in [0.1, 0.15) is 26.7 Å². The van der Waals surface area contributed by atoms with Crippen LogP contribution in [0, 0.1) is 11.3 Å². The van der Waals surface area contributed by atoms with Crippen LogP contribution in [0.2, 0.25) is 0 Å². The molecule has 0 unspecified atom stereocenters. The number of hydrogen-bond donors (Lipinski definition) is 2. The highest BCUT2D eigenvalue weighted by atomic mass is 35.5. The molecule has 1 heterocycles. The minimum atomic E-state index is -3.32. The Morgan fingerprint density at radius 3 is 2.41 bits per heavy atom. The minimum Gasteiger partial charge on any atom is -0.384 e. The van der Waals surface area contributed by atoms with Gasteiger partial charge < -0.3 is 15.4 Å². The van der Waals surface area contributed by atoms with Crippen molar-refractivity contribution in [2.75, 3.05) is 44.9 Å². The Hall–Kier alpha value is -0.370. The van der Waals surface area contributed by atoms with Crippen LogP contribution in [-0.2, 0) is 19.4 Å². The molecule has 1 rings (SSSR count). The number of ether oxygens (including phenoxy) is 1. The molecule has 0 aliphatic carbocycles. The molecule has 1 fully saturated rings. The summed E-state index contributed by atoms with van der Waals surface area (Å²) in [6.07, 6.45) is 1.83. The smallest absolute Gasteiger partial charge is 0.235 e. The Bertz CT molecular complexity index is 429. The summed E-state index contributed by atoms with van der Waals surface area (Å²) in [5.41, 5.74) is -0.0858. The molecule has 1 amide bonds. The Kier molecular flexibility index (Phi) is 9.54. The number of hydrogen-bond acceptors (Lipinski definition) is 5. The third-order valence-electron chi connectivity index (χ3n) is 3.71. The largest absolute Gasteiger partial charge is 0.384 e. The van der Waals surface area contributed by atoms with Gasteiger partial charge in [-0.25, -0.2) is 8.42 Å². The number of rotatable bonds is 8. The number of amides is 1. The SMILES string of the molecule is COCC1(CNC(=O)CS(=O)(=O)CC(C)C)CCNCC1.Cl. The van der Waals surface area contributed by atoms with Gasteiger partial charge in [0.25, 0.3) is 0 Å². The number of halogens is 1. The molecule has 0 aromatic rings. The lowest BCUT2D eigenvalue weighted by Gasteiger charge is -2.37. The third kappa shape index (κ3) is 7.76. The second kappa shape index (κ2) is 9.70. The molecule has 8 heteroatoms. The molecule has 132 valence electrons. The molecule has 0 saturated carbocycles. The van der Waals surface area contributed by atoms with E-state index in [1.54, 1.807) is 7.11 Å². The van der Waals surface area contributed by atoms with E-state index in [0.717, 1.165) is 25.9 Å². The topological polar surface area (TPSA) is 84.5 Å². The van der Waals surface area contributed by atoms with E-state index < -0.39 is 21.5 Å². The van der Waals surface area contributed by atoms with Gasteiger partial charge in [0.15, 0.2) is 9.84 Å². The first-order valence-corrected chi connectivity index (χ1v) is 9.27. The number of nitrogens with one attached hydrogen (secondary N) is 2. The maximum Gasteiger partial charge on any atom is 0.235 e. The first-order chi connectivity index (χ1) is 9.79. The zero-order valence-corrected chi connectivity index (χ0v) is 15.3. The van der Waals surface area contributed by atoms with E-state index in [4.69, 9.17) is 4.74 Å². The monoisotopic (exact) mass is 356 g/mol. The lowest BCUT2D eigenvalue weighted by atomic mass is 9.79. The van der Waals surface area contributed by atoms with Crippen molar-refractivity contribution >= 4 is 28.2 Å². The van der Waals surface area contributed by atoms with Crippen LogP contribution in [0.3, 0.4) is 0 Å². The van der Waals surface area contributed by atoms with E-state index >= 15 is 0 Å². The molecule has 0 bridgehead atoms. The maximum atomic E-state index is 11.9. The summed E-state index contributed by atoms with van der Waals surface area (Å²) >= 11 is 0. The molecule has 0 aromatic carbocycles. The van der Waals surface area contributed by atoms with E-state index in [-0.39, 0.29) is 29.5 Å². The van der Waals surface area contributed by atoms with Gasteiger partial charge in [0.2, 0.25) is 5.91 Å². The fourth-order valence-electron chi connectivity index (χ4n) is 2.74. The molecule has 6 nitrogen and oxygen atoms in total. The second-order valence-corrected chi connectivity index (χ2v) is 8.52. The Labute approximate surface area is 140 Å². The maximum absolute atomic E-state index is 11.9. The molecular weight excluding hydrogens is 328 g/mol. The fraction of sp³-hybridized carbons (Fsp3) is 0.929. The van der Waals surface area contributed by atoms with Crippen molar-refractivity contribution in [3.8, 4) is 0 Å². The van der Waals surface area contributed by atoms with Crippen LogP contribution in [0.15, 0.2) is 0 Å². The van der Waals surface area contributed by atoms with Crippen molar-refractivity contribution in [1.29, 1.82) is 0 Å². The molecule has 1 aliphatic rings.